The molecule has 2 aromatic rings. The monoisotopic (exact) mass is 241 g/mol. The minimum absolute atomic E-state index is 0.0285. The van der Waals surface area contributed by atoms with Gasteiger partial charge >= 0.3 is 0 Å². The molecule has 0 unspecified atom stereocenters. The Hall–Kier alpha value is -2.16. The predicted octanol–water partition coefficient (Wildman–Crippen LogP) is 3.10. The van der Waals surface area contributed by atoms with E-state index < -0.39 is 0 Å². The smallest absolute Gasteiger partial charge is 0.213 e. The molecule has 1 aromatic carbocycles. The topological polar surface area (TPSA) is 39.2 Å². The molecule has 0 radical (unpaired) electrons. The molecular weight excluding hydrogens is 226 g/mol. The van der Waals surface area contributed by atoms with Gasteiger partial charge in [0.05, 0.1) is 6.10 Å². The second-order valence-corrected chi connectivity index (χ2v) is 4.25. The minimum atomic E-state index is -0.0285. The normalized spacial score (nSPS) is 10.4. The molecule has 0 amide bonds. The van der Waals surface area contributed by atoms with Crippen molar-refractivity contribution in [3.05, 3.63) is 59.8 Å². The molecule has 3 heteroatoms. The summed E-state index contributed by atoms with van der Waals surface area (Å²) >= 11 is 0. The van der Waals surface area contributed by atoms with E-state index in [0.717, 1.165) is 0 Å². The Morgan fingerprint density at radius 1 is 1.06 bits per heavy atom. The molecule has 0 aliphatic carbocycles. The van der Waals surface area contributed by atoms with Crippen LogP contribution in [0.15, 0.2) is 48.7 Å². The van der Waals surface area contributed by atoms with Gasteiger partial charge < -0.3 is 4.74 Å². The zero-order chi connectivity index (χ0) is 13.0. The third-order valence-electron chi connectivity index (χ3n) is 2.39. The summed E-state index contributed by atoms with van der Waals surface area (Å²) in [6, 6.07) is 12.6. The van der Waals surface area contributed by atoms with Crippen molar-refractivity contribution in [2.45, 2.75) is 20.0 Å². The molecule has 92 valence electrons. The summed E-state index contributed by atoms with van der Waals surface area (Å²) in [6.07, 6.45) is 1.63. The highest BCUT2D eigenvalue weighted by Gasteiger charge is 2.09. The molecule has 0 N–H and O–H groups in total. The van der Waals surface area contributed by atoms with Crippen LogP contribution in [0.5, 0.6) is 5.88 Å². The number of rotatable bonds is 4. The molecule has 1 aromatic heterocycles. The number of benzene rings is 1. The van der Waals surface area contributed by atoms with Gasteiger partial charge in [-0.25, -0.2) is 4.98 Å². The standard InChI is InChI=1S/C15H15NO2/c1-11(2)18-14-9-8-13(10-16-14)15(17)12-6-4-3-5-7-12/h3-11H,1-2H3. The Bertz CT molecular complexity index is 518. The maximum Gasteiger partial charge on any atom is 0.213 e. The lowest BCUT2D eigenvalue weighted by molar-refractivity contribution is 0.103. The van der Waals surface area contributed by atoms with Crippen LogP contribution >= 0.6 is 0 Å². The molecule has 3 nitrogen and oxygen atoms in total. The summed E-state index contributed by atoms with van der Waals surface area (Å²) < 4.78 is 5.43. The largest absolute Gasteiger partial charge is 0.475 e. The molecule has 0 aliphatic rings. The fourth-order valence-electron chi connectivity index (χ4n) is 1.58. The van der Waals surface area contributed by atoms with Crippen LogP contribution < -0.4 is 4.74 Å². The molecule has 1 heterocycles. The van der Waals surface area contributed by atoms with Crippen molar-refractivity contribution in [1.82, 2.24) is 4.98 Å². The maximum atomic E-state index is 12.1. The molecule has 2 rings (SSSR count). The van der Waals surface area contributed by atoms with Gasteiger partial charge in [-0.2, -0.15) is 0 Å². The molecule has 0 saturated heterocycles. The summed E-state index contributed by atoms with van der Waals surface area (Å²) in [4.78, 5) is 16.2. The lowest BCUT2D eigenvalue weighted by Crippen LogP contribution is -2.08. The lowest BCUT2D eigenvalue weighted by Gasteiger charge is -2.08. The van der Waals surface area contributed by atoms with Crippen molar-refractivity contribution in [2.75, 3.05) is 0 Å². The molecule has 0 aliphatic heterocycles. The Morgan fingerprint density at radius 3 is 2.33 bits per heavy atom. The highest BCUT2D eigenvalue weighted by molar-refractivity contribution is 6.08. The zero-order valence-electron chi connectivity index (χ0n) is 10.5. The Balaban J connectivity index is 2.17. The number of ketones is 1. The third kappa shape index (κ3) is 2.94. The van der Waals surface area contributed by atoms with E-state index in [4.69, 9.17) is 4.74 Å². The minimum Gasteiger partial charge on any atom is -0.475 e. The quantitative estimate of drug-likeness (QED) is 0.772. The van der Waals surface area contributed by atoms with Gasteiger partial charge in [0.1, 0.15) is 0 Å². The zero-order valence-corrected chi connectivity index (χ0v) is 10.5. The first kappa shape index (κ1) is 12.3. The van der Waals surface area contributed by atoms with E-state index >= 15 is 0 Å². The summed E-state index contributed by atoms with van der Waals surface area (Å²) in [7, 11) is 0. The van der Waals surface area contributed by atoms with Gasteiger partial charge in [0.25, 0.3) is 0 Å². The van der Waals surface area contributed by atoms with Gasteiger partial charge in [-0.3, -0.25) is 4.79 Å². The highest BCUT2D eigenvalue weighted by Crippen LogP contribution is 2.13. The number of carbonyl (C=O) groups excluding carboxylic acids is 1. The SMILES string of the molecule is CC(C)Oc1ccc(C(=O)c2ccccc2)cn1. The van der Waals surface area contributed by atoms with Crippen molar-refractivity contribution in [3.63, 3.8) is 0 Å². The van der Waals surface area contributed by atoms with E-state index in [2.05, 4.69) is 4.98 Å². The Kier molecular flexibility index (Phi) is 3.72. The fraction of sp³-hybridized carbons (Fsp3) is 0.200. The average Bonchev–Trinajstić information content (AvgIpc) is 2.39. The number of nitrogens with zero attached hydrogens (tertiary/aromatic N) is 1. The molecule has 0 spiro atoms. The Labute approximate surface area is 106 Å². The number of aromatic nitrogens is 1. The molecule has 18 heavy (non-hydrogen) atoms. The summed E-state index contributed by atoms with van der Waals surface area (Å²) in [5.74, 6) is 0.508. The average molecular weight is 241 g/mol. The third-order valence-corrected chi connectivity index (χ3v) is 2.39. The predicted molar refractivity (Wildman–Crippen MR) is 69.9 cm³/mol. The van der Waals surface area contributed by atoms with E-state index in [0.29, 0.717) is 17.0 Å². The van der Waals surface area contributed by atoms with Crippen LogP contribution in [-0.4, -0.2) is 16.9 Å². The molecule has 0 atom stereocenters. The summed E-state index contributed by atoms with van der Waals surface area (Å²) in [5, 5.41) is 0. The van der Waals surface area contributed by atoms with Gasteiger partial charge in [0.2, 0.25) is 5.88 Å². The molecule has 0 bridgehead atoms. The Morgan fingerprint density at radius 2 is 1.78 bits per heavy atom. The van der Waals surface area contributed by atoms with Crippen LogP contribution in [-0.2, 0) is 0 Å². The first-order valence-corrected chi connectivity index (χ1v) is 5.89. The van der Waals surface area contributed by atoms with Crippen LogP contribution in [0, 0.1) is 0 Å². The lowest BCUT2D eigenvalue weighted by atomic mass is 10.1. The summed E-state index contributed by atoms with van der Waals surface area (Å²) in [5.41, 5.74) is 1.23. The van der Waals surface area contributed by atoms with Crippen molar-refractivity contribution in [2.24, 2.45) is 0 Å². The van der Waals surface area contributed by atoms with Crippen molar-refractivity contribution in [3.8, 4) is 5.88 Å². The van der Waals surface area contributed by atoms with Crippen LogP contribution in [0.2, 0.25) is 0 Å². The molecule has 0 fully saturated rings. The number of hydrogen-bond acceptors (Lipinski definition) is 3. The second-order valence-electron chi connectivity index (χ2n) is 4.25. The van der Waals surface area contributed by atoms with Crippen molar-refractivity contribution >= 4 is 5.78 Å². The second kappa shape index (κ2) is 5.45. The van der Waals surface area contributed by atoms with Gasteiger partial charge in [0, 0.05) is 23.4 Å². The van der Waals surface area contributed by atoms with E-state index in [1.54, 1.807) is 30.5 Å². The van der Waals surface area contributed by atoms with Crippen molar-refractivity contribution < 1.29 is 9.53 Å². The first-order valence-electron chi connectivity index (χ1n) is 5.89. The number of carbonyl (C=O) groups is 1. The number of hydrogen-bond donors (Lipinski definition) is 0. The van der Waals surface area contributed by atoms with E-state index in [1.807, 2.05) is 32.0 Å². The van der Waals surface area contributed by atoms with Gasteiger partial charge in [-0.05, 0) is 19.9 Å². The van der Waals surface area contributed by atoms with Crippen LogP contribution in [0.4, 0.5) is 0 Å². The first-order chi connectivity index (χ1) is 8.66. The van der Waals surface area contributed by atoms with Crippen molar-refractivity contribution in [1.29, 1.82) is 0 Å². The number of ether oxygens (including phenoxy) is 1. The van der Waals surface area contributed by atoms with E-state index in [1.165, 1.54) is 0 Å². The molecule has 0 saturated carbocycles. The van der Waals surface area contributed by atoms with Gasteiger partial charge in [-0.1, -0.05) is 30.3 Å². The van der Waals surface area contributed by atoms with E-state index in [9.17, 15) is 4.79 Å². The highest BCUT2D eigenvalue weighted by atomic mass is 16.5. The molecular formula is C15H15NO2. The van der Waals surface area contributed by atoms with Crippen LogP contribution in [0.25, 0.3) is 0 Å². The summed E-state index contributed by atoms with van der Waals surface area (Å²) in [6.45, 7) is 3.87. The van der Waals surface area contributed by atoms with E-state index in [-0.39, 0.29) is 11.9 Å². The van der Waals surface area contributed by atoms with Gasteiger partial charge in [0.15, 0.2) is 5.78 Å². The van der Waals surface area contributed by atoms with Gasteiger partial charge in [-0.15, -0.1) is 0 Å². The maximum absolute atomic E-state index is 12.1. The van der Waals surface area contributed by atoms with Crippen LogP contribution in [0.3, 0.4) is 0 Å². The fourth-order valence-corrected chi connectivity index (χ4v) is 1.58. The number of pyridine rings is 1. The van der Waals surface area contributed by atoms with Crippen LogP contribution in [0.1, 0.15) is 29.8 Å².